The molecule has 1 heterocycles. The minimum absolute atomic E-state index is 0. The molecule has 0 aromatic rings. The van der Waals surface area contributed by atoms with Gasteiger partial charge in [-0.1, -0.05) is 6.42 Å². The van der Waals surface area contributed by atoms with Crippen LogP contribution in [0.5, 0.6) is 0 Å². The third kappa shape index (κ3) is 4.02. The van der Waals surface area contributed by atoms with E-state index in [-0.39, 0.29) is 19.5 Å². The van der Waals surface area contributed by atoms with Crippen molar-refractivity contribution in [2.75, 3.05) is 33.2 Å². The molecule has 0 aromatic heterocycles. The van der Waals surface area contributed by atoms with E-state index in [2.05, 4.69) is 17.3 Å². The van der Waals surface area contributed by atoms with Crippen LogP contribution in [0.4, 0.5) is 0 Å². The molecule has 1 aliphatic heterocycles. The van der Waals surface area contributed by atoms with Crippen LogP contribution in [0.3, 0.4) is 0 Å². The van der Waals surface area contributed by atoms with Gasteiger partial charge in [0.1, 0.15) is 0 Å². The quantitative estimate of drug-likeness (QED) is 0.544. The van der Waals surface area contributed by atoms with Crippen LogP contribution >= 0.6 is 0 Å². The van der Waals surface area contributed by atoms with Crippen molar-refractivity contribution in [3.05, 3.63) is 5.32 Å². The molecule has 0 atom stereocenters. The van der Waals surface area contributed by atoms with E-state index in [1.165, 1.54) is 13.0 Å². The van der Waals surface area contributed by atoms with Gasteiger partial charge in [0.25, 0.3) is 0 Å². The van der Waals surface area contributed by atoms with Gasteiger partial charge >= 0.3 is 0 Å². The Kier molecular flexibility index (Phi) is 5.66. The van der Waals surface area contributed by atoms with Crippen molar-refractivity contribution in [2.45, 2.75) is 6.42 Å². The Hall–Kier alpha value is 0.543. The second-order valence-corrected chi connectivity index (χ2v) is 2.33. The summed E-state index contributed by atoms with van der Waals surface area (Å²) < 4.78 is 0. The number of likely N-dealkylation sites (N-methyl/N-ethyl adjacent to an activating group) is 1. The van der Waals surface area contributed by atoms with Crippen molar-refractivity contribution < 1.29 is 19.5 Å². The summed E-state index contributed by atoms with van der Waals surface area (Å²) in [6, 6.07) is 0. The predicted octanol–water partition coefficient (Wildman–Crippen LogP) is 0.693. The van der Waals surface area contributed by atoms with Crippen LogP contribution in [-0.2, 0) is 19.5 Å². The van der Waals surface area contributed by atoms with Gasteiger partial charge in [0, 0.05) is 19.5 Å². The maximum absolute atomic E-state index is 4.28. The zero-order valence-electron chi connectivity index (χ0n) is 5.76. The first-order valence-corrected chi connectivity index (χ1v) is 3.21. The van der Waals surface area contributed by atoms with Gasteiger partial charge in [0.05, 0.1) is 0 Å². The molecule has 57 valence electrons. The minimum atomic E-state index is 0. The Labute approximate surface area is 69.8 Å². The molecule has 2 nitrogen and oxygen atoms in total. The minimum Gasteiger partial charge on any atom is -0.661 e. The molecule has 9 heavy (non-hydrogen) atoms. The molecule has 1 saturated heterocycles. The van der Waals surface area contributed by atoms with Crippen molar-refractivity contribution in [1.82, 2.24) is 4.90 Å². The van der Waals surface area contributed by atoms with Crippen LogP contribution in [0.1, 0.15) is 6.42 Å². The first-order chi connectivity index (χ1) is 3.89. The molecule has 0 aliphatic carbocycles. The molecular weight excluding hydrogens is 203 g/mol. The Morgan fingerprint density at radius 2 is 2.00 bits per heavy atom. The van der Waals surface area contributed by atoms with E-state index in [1.807, 2.05) is 0 Å². The summed E-state index contributed by atoms with van der Waals surface area (Å²) in [7, 11) is 2.15. The van der Waals surface area contributed by atoms with Crippen molar-refractivity contribution in [3.8, 4) is 0 Å². The SMILES string of the molecule is CN1CCC[N-]CC1.[Rh]. The second kappa shape index (κ2) is 5.34. The summed E-state index contributed by atoms with van der Waals surface area (Å²) in [6.07, 6.45) is 1.25. The number of nitrogens with zero attached hydrogens (tertiary/aromatic N) is 2. The van der Waals surface area contributed by atoms with E-state index >= 15 is 0 Å². The summed E-state index contributed by atoms with van der Waals surface area (Å²) in [5.41, 5.74) is 0. The fourth-order valence-electron chi connectivity index (χ4n) is 0.917. The fraction of sp³-hybridized carbons (Fsp3) is 1.00. The molecule has 1 rings (SSSR count). The van der Waals surface area contributed by atoms with E-state index in [4.69, 9.17) is 0 Å². The molecule has 1 aliphatic rings. The fourth-order valence-corrected chi connectivity index (χ4v) is 0.917. The summed E-state index contributed by atoms with van der Waals surface area (Å²) in [5, 5.41) is 4.28. The maximum Gasteiger partial charge on any atom is 0 e. The molecule has 0 unspecified atom stereocenters. The van der Waals surface area contributed by atoms with Crippen LogP contribution in [0.2, 0.25) is 0 Å². The average molecular weight is 216 g/mol. The van der Waals surface area contributed by atoms with Crippen LogP contribution in [0, 0.1) is 0 Å². The zero-order chi connectivity index (χ0) is 5.82. The largest absolute Gasteiger partial charge is 0.661 e. The molecular formula is C6H13N2Rh-. The number of hydrogen-bond donors (Lipinski definition) is 0. The van der Waals surface area contributed by atoms with E-state index in [0.29, 0.717) is 0 Å². The third-order valence-electron chi connectivity index (χ3n) is 1.50. The van der Waals surface area contributed by atoms with Gasteiger partial charge in [-0.2, -0.15) is 0 Å². The molecule has 0 saturated carbocycles. The van der Waals surface area contributed by atoms with E-state index in [0.717, 1.165) is 19.6 Å². The first-order valence-electron chi connectivity index (χ1n) is 3.21. The number of rotatable bonds is 0. The van der Waals surface area contributed by atoms with Crippen molar-refractivity contribution in [3.63, 3.8) is 0 Å². The van der Waals surface area contributed by atoms with E-state index < -0.39 is 0 Å². The van der Waals surface area contributed by atoms with Crippen molar-refractivity contribution in [2.24, 2.45) is 0 Å². The van der Waals surface area contributed by atoms with Crippen LogP contribution in [-0.4, -0.2) is 38.1 Å². The van der Waals surface area contributed by atoms with Gasteiger partial charge in [-0.25, -0.2) is 0 Å². The van der Waals surface area contributed by atoms with E-state index in [1.54, 1.807) is 0 Å². The average Bonchev–Trinajstić information content (AvgIpc) is 1.94. The molecule has 0 bridgehead atoms. The van der Waals surface area contributed by atoms with Crippen LogP contribution in [0.15, 0.2) is 0 Å². The Bertz CT molecular complexity index is 60.1. The molecule has 0 spiro atoms. The van der Waals surface area contributed by atoms with Gasteiger partial charge in [0.2, 0.25) is 0 Å². The van der Waals surface area contributed by atoms with Gasteiger partial charge in [-0.15, -0.1) is 13.1 Å². The Morgan fingerprint density at radius 3 is 2.78 bits per heavy atom. The normalized spacial score (nSPS) is 22.3. The third-order valence-corrected chi connectivity index (χ3v) is 1.50. The summed E-state index contributed by atoms with van der Waals surface area (Å²) in [4.78, 5) is 2.33. The standard InChI is InChI=1S/C6H13N2.Rh/c1-8-5-2-3-7-4-6-8;/h2-6H2,1H3;/q-1;. The summed E-state index contributed by atoms with van der Waals surface area (Å²) in [6.45, 7) is 4.49. The monoisotopic (exact) mass is 216 g/mol. The maximum atomic E-state index is 4.28. The number of hydrogen-bond acceptors (Lipinski definition) is 1. The van der Waals surface area contributed by atoms with Crippen LogP contribution in [0.25, 0.3) is 5.32 Å². The molecule has 1 fully saturated rings. The van der Waals surface area contributed by atoms with E-state index in [9.17, 15) is 0 Å². The molecule has 0 N–H and O–H groups in total. The van der Waals surface area contributed by atoms with Gasteiger partial charge in [-0.3, -0.25) is 0 Å². The van der Waals surface area contributed by atoms with Gasteiger partial charge in [0.15, 0.2) is 0 Å². The summed E-state index contributed by atoms with van der Waals surface area (Å²) in [5.74, 6) is 0. The predicted molar refractivity (Wildman–Crippen MR) is 35.2 cm³/mol. The van der Waals surface area contributed by atoms with Crippen molar-refractivity contribution >= 4 is 0 Å². The Balaban J connectivity index is 0.000000640. The molecule has 0 aromatic carbocycles. The molecule has 1 radical (unpaired) electrons. The zero-order valence-corrected chi connectivity index (χ0v) is 7.40. The van der Waals surface area contributed by atoms with Crippen molar-refractivity contribution in [1.29, 1.82) is 0 Å². The molecule has 0 amide bonds. The topological polar surface area (TPSA) is 17.3 Å². The molecule has 3 heteroatoms. The Morgan fingerprint density at radius 1 is 1.22 bits per heavy atom. The summed E-state index contributed by atoms with van der Waals surface area (Å²) >= 11 is 0. The smallest absolute Gasteiger partial charge is 0 e. The van der Waals surface area contributed by atoms with Gasteiger partial charge in [-0.05, 0) is 20.1 Å². The van der Waals surface area contributed by atoms with Crippen LogP contribution < -0.4 is 0 Å². The van der Waals surface area contributed by atoms with Gasteiger partial charge < -0.3 is 10.2 Å². The second-order valence-electron chi connectivity index (χ2n) is 2.33. The first kappa shape index (κ1) is 9.54.